The molecule has 0 bridgehead atoms. The standard InChI is InChI=1S/C27H22N4O5/c32-26(17-24(19-8-3-1-4-9-19)29-27(33)20-10-5-2-6-11-20)30-28-18-23-14-15-25(36-23)21-12-7-13-22(16-21)31(34)35/h1-16,18,24H,17H2,(H,29,33)(H,30,32)/b28-18-/t24-/m1/s1. The van der Waals surface area contributed by atoms with Crippen LogP contribution in [0, 0.1) is 10.1 Å². The first-order valence-corrected chi connectivity index (χ1v) is 11.1. The highest BCUT2D eigenvalue weighted by molar-refractivity contribution is 5.94. The number of benzene rings is 3. The molecule has 9 heteroatoms. The molecule has 0 spiro atoms. The van der Waals surface area contributed by atoms with Crippen molar-refractivity contribution < 1.29 is 18.9 Å². The average Bonchev–Trinajstić information content (AvgIpc) is 3.38. The van der Waals surface area contributed by atoms with Gasteiger partial charge in [0.2, 0.25) is 5.91 Å². The Balaban J connectivity index is 1.39. The van der Waals surface area contributed by atoms with Crippen LogP contribution in [0.2, 0.25) is 0 Å². The number of nitrogens with zero attached hydrogens (tertiary/aromatic N) is 2. The van der Waals surface area contributed by atoms with Gasteiger partial charge in [0, 0.05) is 23.3 Å². The molecule has 0 aliphatic rings. The summed E-state index contributed by atoms with van der Waals surface area (Å²) in [5.41, 5.74) is 4.23. The number of nitro benzene ring substituents is 1. The van der Waals surface area contributed by atoms with Crippen molar-refractivity contribution in [2.75, 3.05) is 0 Å². The molecule has 0 saturated heterocycles. The van der Waals surface area contributed by atoms with Gasteiger partial charge in [0.05, 0.1) is 23.6 Å². The van der Waals surface area contributed by atoms with Gasteiger partial charge in [-0.3, -0.25) is 19.7 Å². The van der Waals surface area contributed by atoms with Crippen molar-refractivity contribution in [1.29, 1.82) is 0 Å². The molecule has 0 aliphatic carbocycles. The molecule has 1 aromatic heterocycles. The lowest BCUT2D eigenvalue weighted by atomic mass is 10.0. The number of nitro groups is 1. The normalized spacial score (nSPS) is 11.7. The fraction of sp³-hybridized carbons (Fsp3) is 0.0741. The van der Waals surface area contributed by atoms with E-state index in [1.807, 2.05) is 36.4 Å². The molecule has 180 valence electrons. The smallest absolute Gasteiger partial charge is 0.270 e. The Morgan fingerprint density at radius 2 is 1.67 bits per heavy atom. The third-order valence-electron chi connectivity index (χ3n) is 5.28. The first kappa shape index (κ1) is 24.1. The van der Waals surface area contributed by atoms with E-state index in [0.717, 1.165) is 5.56 Å². The Bertz CT molecular complexity index is 1380. The summed E-state index contributed by atoms with van der Waals surface area (Å²) in [6, 6.07) is 26.8. The molecule has 1 atom stereocenters. The van der Waals surface area contributed by atoms with Gasteiger partial charge in [0.15, 0.2) is 0 Å². The number of hydrogen-bond donors (Lipinski definition) is 2. The molecule has 4 aromatic rings. The Morgan fingerprint density at radius 3 is 2.39 bits per heavy atom. The highest BCUT2D eigenvalue weighted by atomic mass is 16.6. The minimum Gasteiger partial charge on any atom is -0.455 e. The predicted octanol–water partition coefficient (Wildman–Crippen LogP) is 4.87. The second kappa shape index (κ2) is 11.4. The number of non-ortho nitro benzene ring substituents is 1. The maximum Gasteiger partial charge on any atom is 0.270 e. The van der Waals surface area contributed by atoms with Crippen LogP contribution < -0.4 is 10.7 Å². The quantitative estimate of drug-likeness (QED) is 0.200. The van der Waals surface area contributed by atoms with Crippen LogP contribution in [0.5, 0.6) is 0 Å². The van der Waals surface area contributed by atoms with E-state index in [2.05, 4.69) is 15.8 Å². The second-order valence-corrected chi connectivity index (χ2v) is 7.81. The Morgan fingerprint density at radius 1 is 0.944 bits per heavy atom. The summed E-state index contributed by atoms with van der Waals surface area (Å²) < 4.78 is 5.66. The highest BCUT2D eigenvalue weighted by Crippen LogP contribution is 2.25. The fourth-order valence-corrected chi connectivity index (χ4v) is 3.52. The zero-order valence-electron chi connectivity index (χ0n) is 19.0. The van der Waals surface area contributed by atoms with Crippen LogP contribution in [0.25, 0.3) is 11.3 Å². The summed E-state index contributed by atoms with van der Waals surface area (Å²) in [4.78, 5) is 35.8. The number of amides is 2. The van der Waals surface area contributed by atoms with Gasteiger partial charge in [-0.25, -0.2) is 5.43 Å². The molecular weight excluding hydrogens is 460 g/mol. The monoisotopic (exact) mass is 482 g/mol. The van der Waals surface area contributed by atoms with E-state index in [1.165, 1.54) is 18.3 Å². The number of nitrogens with one attached hydrogen (secondary N) is 2. The van der Waals surface area contributed by atoms with Gasteiger partial charge in [-0.05, 0) is 29.8 Å². The van der Waals surface area contributed by atoms with E-state index in [-0.39, 0.29) is 18.0 Å². The maximum atomic E-state index is 12.7. The maximum absolute atomic E-state index is 12.7. The van der Waals surface area contributed by atoms with Gasteiger partial charge in [0.25, 0.3) is 11.6 Å². The van der Waals surface area contributed by atoms with E-state index < -0.39 is 16.9 Å². The summed E-state index contributed by atoms with van der Waals surface area (Å²) in [7, 11) is 0. The van der Waals surface area contributed by atoms with Crippen molar-refractivity contribution in [1.82, 2.24) is 10.7 Å². The lowest BCUT2D eigenvalue weighted by Crippen LogP contribution is -2.32. The number of furan rings is 1. The zero-order chi connectivity index (χ0) is 25.3. The van der Waals surface area contributed by atoms with E-state index in [1.54, 1.807) is 48.5 Å². The van der Waals surface area contributed by atoms with Crippen LogP contribution in [0.4, 0.5) is 5.69 Å². The molecule has 9 nitrogen and oxygen atoms in total. The van der Waals surface area contributed by atoms with E-state index >= 15 is 0 Å². The number of hydrazone groups is 1. The number of carbonyl (C=O) groups excluding carboxylic acids is 2. The molecule has 3 aromatic carbocycles. The van der Waals surface area contributed by atoms with Crippen molar-refractivity contribution >= 4 is 23.7 Å². The van der Waals surface area contributed by atoms with Crippen molar-refractivity contribution in [3.8, 4) is 11.3 Å². The Hall–Kier alpha value is -5.05. The third kappa shape index (κ3) is 6.29. The van der Waals surface area contributed by atoms with E-state index in [0.29, 0.717) is 22.6 Å². The van der Waals surface area contributed by atoms with Gasteiger partial charge >= 0.3 is 0 Å². The molecule has 0 aliphatic heterocycles. The van der Waals surface area contributed by atoms with Gasteiger partial charge in [-0.15, -0.1) is 0 Å². The molecule has 0 fully saturated rings. The minimum atomic E-state index is -0.557. The molecule has 0 radical (unpaired) electrons. The Labute approximate surface area is 206 Å². The van der Waals surface area contributed by atoms with Crippen molar-refractivity contribution in [3.63, 3.8) is 0 Å². The predicted molar refractivity (Wildman–Crippen MR) is 134 cm³/mol. The van der Waals surface area contributed by atoms with Crippen LogP contribution in [-0.4, -0.2) is 23.0 Å². The van der Waals surface area contributed by atoms with Crippen LogP contribution >= 0.6 is 0 Å². The van der Waals surface area contributed by atoms with Gasteiger partial charge in [-0.2, -0.15) is 5.10 Å². The topological polar surface area (TPSA) is 127 Å². The summed E-state index contributed by atoms with van der Waals surface area (Å²) in [5.74, 6) is 0.0944. The zero-order valence-corrected chi connectivity index (χ0v) is 19.0. The molecule has 4 rings (SSSR count). The molecule has 2 amide bonds. The lowest BCUT2D eigenvalue weighted by molar-refractivity contribution is -0.384. The SMILES string of the molecule is O=C(C[C@@H](NC(=O)c1ccccc1)c1ccccc1)N/N=C\c1ccc(-c2cccc([N+](=O)[O-])c2)o1. The molecule has 1 heterocycles. The van der Waals surface area contributed by atoms with E-state index in [4.69, 9.17) is 4.42 Å². The lowest BCUT2D eigenvalue weighted by Gasteiger charge is -2.18. The first-order valence-electron chi connectivity index (χ1n) is 11.1. The molecule has 36 heavy (non-hydrogen) atoms. The highest BCUT2D eigenvalue weighted by Gasteiger charge is 2.19. The third-order valence-corrected chi connectivity index (χ3v) is 5.28. The first-order chi connectivity index (χ1) is 17.5. The van der Waals surface area contributed by atoms with Crippen molar-refractivity contribution in [2.45, 2.75) is 12.5 Å². The van der Waals surface area contributed by atoms with Gasteiger partial charge in [-0.1, -0.05) is 60.7 Å². The summed E-state index contributed by atoms with van der Waals surface area (Å²) in [6.07, 6.45) is 1.30. The molecule has 2 N–H and O–H groups in total. The summed E-state index contributed by atoms with van der Waals surface area (Å²) in [5, 5.41) is 17.8. The van der Waals surface area contributed by atoms with Crippen molar-refractivity contribution in [2.24, 2.45) is 5.10 Å². The molecule has 0 unspecified atom stereocenters. The summed E-state index contributed by atoms with van der Waals surface area (Å²) in [6.45, 7) is 0. The molecular formula is C27H22N4O5. The fourth-order valence-electron chi connectivity index (χ4n) is 3.52. The summed E-state index contributed by atoms with van der Waals surface area (Å²) >= 11 is 0. The minimum absolute atomic E-state index is 0.0307. The molecule has 0 saturated carbocycles. The van der Waals surface area contributed by atoms with Crippen molar-refractivity contribution in [3.05, 3.63) is 124 Å². The Kier molecular flexibility index (Phi) is 7.62. The number of rotatable bonds is 9. The van der Waals surface area contributed by atoms with Gasteiger partial charge in [0.1, 0.15) is 11.5 Å². The van der Waals surface area contributed by atoms with Gasteiger partial charge < -0.3 is 9.73 Å². The number of carbonyl (C=O) groups is 2. The van der Waals surface area contributed by atoms with Crippen LogP contribution in [0.15, 0.2) is 107 Å². The number of hydrogen-bond acceptors (Lipinski definition) is 6. The van der Waals surface area contributed by atoms with Crippen LogP contribution in [-0.2, 0) is 4.79 Å². The average molecular weight is 482 g/mol. The van der Waals surface area contributed by atoms with Crippen LogP contribution in [0.1, 0.15) is 34.1 Å². The largest absolute Gasteiger partial charge is 0.455 e. The second-order valence-electron chi connectivity index (χ2n) is 7.81. The van der Waals surface area contributed by atoms with E-state index in [9.17, 15) is 19.7 Å². The van der Waals surface area contributed by atoms with Crippen LogP contribution in [0.3, 0.4) is 0 Å².